The maximum absolute atomic E-state index is 6.23. The van der Waals surface area contributed by atoms with Crippen LogP contribution in [0.3, 0.4) is 0 Å². The average molecular weight is 314 g/mol. The molecule has 2 saturated carbocycles. The molecule has 0 heterocycles. The summed E-state index contributed by atoms with van der Waals surface area (Å²) in [6.45, 7) is 0. The summed E-state index contributed by atoms with van der Waals surface area (Å²) in [5.74, 6) is 0.764. The van der Waals surface area contributed by atoms with Gasteiger partial charge in [-0.1, -0.05) is 42.5 Å². The lowest BCUT2D eigenvalue weighted by Crippen LogP contribution is -2.64. The lowest BCUT2D eigenvalue weighted by molar-refractivity contribution is -0.100. The molecule has 110 valence electrons. The summed E-state index contributed by atoms with van der Waals surface area (Å²) in [5, 5.41) is 4.72. The Balaban J connectivity index is 1.77. The SMILES string of the molecule is CNC1CC(Oc2ccc(Cl)cc2Cl)C12CCCCC2. The summed E-state index contributed by atoms with van der Waals surface area (Å²) in [6, 6.07) is 6.05. The van der Waals surface area contributed by atoms with Crippen LogP contribution in [0.25, 0.3) is 0 Å². The van der Waals surface area contributed by atoms with Gasteiger partial charge in [0.05, 0.1) is 5.02 Å². The van der Waals surface area contributed by atoms with Crippen molar-refractivity contribution in [3.63, 3.8) is 0 Å². The third-order valence-corrected chi connectivity index (χ3v) is 5.61. The average Bonchev–Trinajstić information content (AvgIpc) is 2.45. The van der Waals surface area contributed by atoms with Crippen molar-refractivity contribution in [3.8, 4) is 5.75 Å². The Morgan fingerprint density at radius 3 is 2.60 bits per heavy atom. The predicted molar refractivity (Wildman–Crippen MR) is 83.9 cm³/mol. The highest BCUT2D eigenvalue weighted by molar-refractivity contribution is 6.35. The van der Waals surface area contributed by atoms with E-state index in [-0.39, 0.29) is 6.10 Å². The highest BCUT2D eigenvalue weighted by atomic mass is 35.5. The zero-order valence-corrected chi connectivity index (χ0v) is 13.3. The molecular formula is C16H21Cl2NO. The topological polar surface area (TPSA) is 21.3 Å². The molecule has 3 rings (SSSR count). The van der Waals surface area contributed by atoms with Gasteiger partial charge in [0.2, 0.25) is 0 Å². The number of hydrogen-bond acceptors (Lipinski definition) is 2. The summed E-state index contributed by atoms with van der Waals surface area (Å²) >= 11 is 12.2. The molecule has 20 heavy (non-hydrogen) atoms. The quantitative estimate of drug-likeness (QED) is 0.874. The van der Waals surface area contributed by atoms with Gasteiger partial charge in [-0.05, 0) is 38.1 Å². The fourth-order valence-electron chi connectivity index (χ4n) is 3.92. The Kier molecular flexibility index (Phi) is 4.16. The van der Waals surface area contributed by atoms with Crippen LogP contribution in [0.2, 0.25) is 10.0 Å². The second-order valence-electron chi connectivity index (χ2n) is 6.05. The minimum Gasteiger partial charge on any atom is -0.488 e. The molecule has 2 aliphatic rings. The van der Waals surface area contributed by atoms with E-state index in [0.29, 0.717) is 21.5 Å². The molecule has 0 aliphatic heterocycles. The van der Waals surface area contributed by atoms with Crippen LogP contribution >= 0.6 is 23.2 Å². The lowest BCUT2D eigenvalue weighted by atomic mass is 9.55. The largest absolute Gasteiger partial charge is 0.488 e. The van der Waals surface area contributed by atoms with E-state index in [2.05, 4.69) is 12.4 Å². The molecule has 1 aromatic rings. The maximum atomic E-state index is 6.23. The van der Waals surface area contributed by atoms with Crippen LogP contribution in [-0.2, 0) is 0 Å². The van der Waals surface area contributed by atoms with Crippen LogP contribution in [0, 0.1) is 5.41 Å². The number of nitrogens with one attached hydrogen (secondary N) is 1. The molecule has 0 saturated heterocycles. The first-order valence-electron chi connectivity index (χ1n) is 7.45. The van der Waals surface area contributed by atoms with Crippen molar-refractivity contribution in [1.82, 2.24) is 5.32 Å². The molecule has 1 N–H and O–H groups in total. The Morgan fingerprint density at radius 2 is 1.95 bits per heavy atom. The van der Waals surface area contributed by atoms with Gasteiger partial charge in [0, 0.05) is 22.9 Å². The number of ether oxygens (including phenoxy) is 1. The molecular weight excluding hydrogens is 293 g/mol. The third-order valence-electron chi connectivity index (χ3n) is 5.08. The molecule has 2 nitrogen and oxygen atoms in total. The van der Waals surface area contributed by atoms with E-state index in [1.807, 2.05) is 12.1 Å². The van der Waals surface area contributed by atoms with Crippen molar-refractivity contribution in [3.05, 3.63) is 28.2 Å². The molecule has 1 spiro atoms. The van der Waals surface area contributed by atoms with E-state index >= 15 is 0 Å². The third kappa shape index (κ3) is 2.43. The van der Waals surface area contributed by atoms with E-state index in [0.717, 1.165) is 12.2 Å². The Labute approximate surface area is 130 Å². The Bertz CT molecular complexity index is 485. The molecule has 2 atom stereocenters. The smallest absolute Gasteiger partial charge is 0.138 e. The van der Waals surface area contributed by atoms with E-state index in [4.69, 9.17) is 27.9 Å². The zero-order chi connectivity index (χ0) is 14.2. The summed E-state index contributed by atoms with van der Waals surface area (Å²) in [5.41, 5.74) is 0.302. The second kappa shape index (κ2) is 5.75. The lowest BCUT2D eigenvalue weighted by Gasteiger charge is -2.57. The van der Waals surface area contributed by atoms with Crippen LogP contribution in [0.15, 0.2) is 18.2 Å². The number of benzene rings is 1. The van der Waals surface area contributed by atoms with Crippen LogP contribution in [0.1, 0.15) is 38.5 Å². The summed E-state index contributed by atoms with van der Waals surface area (Å²) in [6.07, 6.45) is 7.84. The molecule has 1 aromatic carbocycles. The normalized spacial score (nSPS) is 28.1. The number of rotatable bonds is 3. The summed E-state index contributed by atoms with van der Waals surface area (Å²) in [4.78, 5) is 0. The van der Waals surface area contributed by atoms with Gasteiger partial charge in [-0.25, -0.2) is 0 Å². The first-order chi connectivity index (χ1) is 9.65. The van der Waals surface area contributed by atoms with Gasteiger partial charge in [-0.15, -0.1) is 0 Å². The molecule has 0 bridgehead atoms. The van der Waals surface area contributed by atoms with Crippen LogP contribution in [0.5, 0.6) is 5.75 Å². The standard InChI is InChI=1S/C16H21Cl2NO/c1-19-14-10-15(16(14)7-3-2-4-8-16)20-13-6-5-11(17)9-12(13)18/h5-6,9,14-15,19H,2-4,7-8,10H2,1H3. The van der Waals surface area contributed by atoms with E-state index < -0.39 is 0 Å². The second-order valence-corrected chi connectivity index (χ2v) is 6.90. The minimum atomic E-state index is 0.277. The predicted octanol–water partition coefficient (Wildman–Crippen LogP) is 4.68. The summed E-state index contributed by atoms with van der Waals surface area (Å²) in [7, 11) is 2.06. The molecule has 2 fully saturated rings. The first kappa shape index (κ1) is 14.5. The Hall–Kier alpha value is -0.440. The maximum Gasteiger partial charge on any atom is 0.138 e. The van der Waals surface area contributed by atoms with Gasteiger partial charge >= 0.3 is 0 Å². The van der Waals surface area contributed by atoms with Gasteiger partial charge in [-0.2, -0.15) is 0 Å². The van der Waals surface area contributed by atoms with Gasteiger partial charge in [0.1, 0.15) is 11.9 Å². The molecule has 2 unspecified atom stereocenters. The minimum absolute atomic E-state index is 0.277. The van der Waals surface area contributed by atoms with Crippen molar-refractivity contribution < 1.29 is 4.74 Å². The first-order valence-corrected chi connectivity index (χ1v) is 8.20. The highest BCUT2D eigenvalue weighted by Gasteiger charge is 2.56. The van der Waals surface area contributed by atoms with Gasteiger partial charge in [0.25, 0.3) is 0 Å². The highest BCUT2D eigenvalue weighted by Crippen LogP contribution is 2.53. The molecule has 0 aromatic heterocycles. The number of halogens is 2. The monoisotopic (exact) mass is 313 g/mol. The van der Waals surface area contributed by atoms with Crippen molar-refractivity contribution in [2.24, 2.45) is 5.41 Å². The van der Waals surface area contributed by atoms with Gasteiger partial charge in [0.15, 0.2) is 0 Å². The van der Waals surface area contributed by atoms with E-state index in [1.54, 1.807) is 6.07 Å². The van der Waals surface area contributed by atoms with Crippen molar-refractivity contribution in [1.29, 1.82) is 0 Å². The van der Waals surface area contributed by atoms with Gasteiger partial charge < -0.3 is 10.1 Å². The van der Waals surface area contributed by atoms with Crippen LogP contribution in [0.4, 0.5) is 0 Å². The van der Waals surface area contributed by atoms with Crippen molar-refractivity contribution in [2.75, 3.05) is 7.05 Å². The van der Waals surface area contributed by atoms with Crippen LogP contribution in [-0.4, -0.2) is 19.2 Å². The fraction of sp³-hybridized carbons (Fsp3) is 0.625. The van der Waals surface area contributed by atoms with Crippen molar-refractivity contribution in [2.45, 2.75) is 50.7 Å². The molecule has 2 aliphatic carbocycles. The fourth-order valence-corrected chi connectivity index (χ4v) is 4.38. The molecule has 0 radical (unpaired) electrons. The molecule has 4 heteroatoms. The zero-order valence-electron chi connectivity index (χ0n) is 11.8. The van der Waals surface area contributed by atoms with Gasteiger partial charge in [-0.3, -0.25) is 0 Å². The van der Waals surface area contributed by atoms with Crippen molar-refractivity contribution >= 4 is 23.2 Å². The van der Waals surface area contributed by atoms with E-state index in [1.165, 1.54) is 32.1 Å². The number of hydrogen-bond donors (Lipinski definition) is 1. The molecule has 0 amide bonds. The summed E-state index contributed by atoms with van der Waals surface area (Å²) < 4.78 is 6.23. The Morgan fingerprint density at radius 1 is 1.20 bits per heavy atom. The van der Waals surface area contributed by atoms with Crippen LogP contribution < -0.4 is 10.1 Å². The van der Waals surface area contributed by atoms with E-state index in [9.17, 15) is 0 Å².